The van der Waals surface area contributed by atoms with E-state index in [0.717, 1.165) is 23.7 Å². The second-order valence-corrected chi connectivity index (χ2v) is 5.80. The summed E-state index contributed by atoms with van der Waals surface area (Å²) in [4.78, 5) is 0. The minimum Gasteiger partial charge on any atom is -0.0842 e. The molecule has 0 bridgehead atoms. The largest absolute Gasteiger partial charge is 0.0842 e. The van der Waals surface area contributed by atoms with Gasteiger partial charge in [0.1, 0.15) is 0 Å². The molecule has 2 saturated carbocycles. The predicted molar refractivity (Wildman–Crippen MR) is 64.6 cm³/mol. The van der Waals surface area contributed by atoms with Crippen LogP contribution in [0.5, 0.6) is 0 Å². The monoisotopic (exact) mass is 202 g/mol. The number of rotatable bonds is 0. The summed E-state index contributed by atoms with van der Waals surface area (Å²) >= 11 is 0. The molecule has 0 radical (unpaired) electrons. The molecule has 0 aromatic heterocycles. The summed E-state index contributed by atoms with van der Waals surface area (Å²) < 4.78 is 0. The normalized spacial score (nSPS) is 44.2. The molecule has 3 aliphatic rings. The van der Waals surface area contributed by atoms with Gasteiger partial charge >= 0.3 is 0 Å². The molecule has 2 fully saturated rings. The molecule has 0 heterocycles. The second-order valence-electron chi connectivity index (χ2n) is 5.80. The van der Waals surface area contributed by atoms with Gasteiger partial charge in [0, 0.05) is 0 Å². The Kier molecular flexibility index (Phi) is 2.46. The summed E-state index contributed by atoms with van der Waals surface area (Å²) in [5.41, 5.74) is 1.67. The fraction of sp³-hybridized carbons (Fsp3) is 0.733. The first-order valence-electron chi connectivity index (χ1n) is 6.69. The minimum absolute atomic E-state index is 0.935. The van der Waals surface area contributed by atoms with Crippen LogP contribution in [0.2, 0.25) is 0 Å². The van der Waals surface area contributed by atoms with Crippen molar-refractivity contribution in [2.45, 2.75) is 45.4 Å². The van der Waals surface area contributed by atoms with Gasteiger partial charge in [0.2, 0.25) is 0 Å². The van der Waals surface area contributed by atoms with Gasteiger partial charge < -0.3 is 0 Å². The summed E-state index contributed by atoms with van der Waals surface area (Å²) in [6.45, 7) is 2.37. The Hall–Kier alpha value is -0.520. The fourth-order valence-electron chi connectivity index (χ4n) is 4.42. The first-order valence-corrected chi connectivity index (χ1v) is 6.69. The van der Waals surface area contributed by atoms with Crippen LogP contribution < -0.4 is 0 Å². The van der Waals surface area contributed by atoms with Crippen LogP contribution >= 0.6 is 0 Å². The van der Waals surface area contributed by atoms with Crippen LogP contribution in [0.4, 0.5) is 0 Å². The summed E-state index contributed by atoms with van der Waals surface area (Å²) in [5, 5.41) is 0. The first kappa shape index (κ1) is 9.69. The molecule has 0 N–H and O–H groups in total. The summed E-state index contributed by atoms with van der Waals surface area (Å²) in [6.07, 6.45) is 15.9. The lowest BCUT2D eigenvalue weighted by molar-refractivity contribution is 0.240. The van der Waals surface area contributed by atoms with Crippen molar-refractivity contribution < 1.29 is 0 Å². The standard InChI is InChI=1S/C15H22/c1-11-6-2-3-8-13-10-12-7-4-5-9-14(12)15(11)13/h2-3,6,12-15H,4-5,7-10H2,1H3. The SMILES string of the molecule is CC1=CC=CCC2CC3CCCCC3C12. The smallest absolute Gasteiger partial charge is 0.0140 e. The number of hydrogen-bond acceptors (Lipinski definition) is 0. The molecule has 15 heavy (non-hydrogen) atoms. The van der Waals surface area contributed by atoms with Crippen molar-refractivity contribution in [1.82, 2.24) is 0 Å². The molecule has 0 amide bonds. The Labute approximate surface area is 93.5 Å². The van der Waals surface area contributed by atoms with Gasteiger partial charge in [-0.25, -0.2) is 0 Å². The predicted octanol–water partition coefficient (Wildman–Crippen LogP) is 4.34. The van der Waals surface area contributed by atoms with Crippen molar-refractivity contribution in [1.29, 1.82) is 0 Å². The number of fused-ring (bicyclic) bond motifs is 3. The first-order chi connectivity index (χ1) is 7.36. The molecule has 0 spiro atoms. The topological polar surface area (TPSA) is 0 Å². The van der Waals surface area contributed by atoms with Gasteiger partial charge in [0.05, 0.1) is 0 Å². The average Bonchev–Trinajstić information content (AvgIpc) is 2.53. The molecule has 0 aromatic rings. The van der Waals surface area contributed by atoms with E-state index < -0.39 is 0 Å². The highest BCUT2D eigenvalue weighted by molar-refractivity contribution is 5.21. The summed E-state index contributed by atoms with van der Waals surface area (Å²) in [7, 11) is 0. The van der Waals surface area contributed by atoms with Gasteiger partial charge in [-0.2, -0.15) is 0 Å². The molecule has 0 nitrogen and oxygen atoms in total. The quantitative estimate of drug-likeness (QED) is 0.548. The van der Waals surface area contributed by atoms with Crippen LogP contribution in [0.3, 0.4) is 0 Å². The lowest BCUT2D eigenvalue weighted by atomic mass is 9.75. The van der Waals surface area contributed by atoms with E-state index in [1.54, 1.807) is 5.57 Å². The Balaban J connectivity index is 1.88. The van der Waals surface area contributed by atoms with E-state index in [1.807, 2.05) is 0 Å². The van der Waals surface area contributed by atoms with Crippen LogP contribution in [0.25, 0.3) is 0 Å². The van der Waals surface area contributed by atoms with Gasteiger partial charge in [0.25, 0.3) is 0 Å². The number of hydrogen-bond donors (Lipinski definition) is 0. The lowest BCUT2D eigenvalue weighted by Crippen LogP contribution is -2.21. The minimum atomic E-state index is 0.935. The van der Waals surface area contributed by atoms with E-state index >= 15 is 0 Å². The zero-order valence-corrected chi connectivity index (χ0v) is 9.78. The van der Waals surface area contributed by atoms with Gasteiger partial charge in [-0.3, -0.25) is 0 Å². The maximum Gasteiger partial charge on any atom is -0.0140 e. The molecular formula is C15H22. The van der Waals surface area contributed by atoms with Crippen molar-refractivity contribution in [3.8, 4) is 0 Å². The van der Waals surface area contributed by atoms with Crippen molar-refractivity contribution in [3.63, 3.8) is 0 Å². The Morgan fingerprint density at radius 1 is 1.13 bits per heavy atom. The third kappa shape index (κ3) is 1.58. The molecule has 0 saturated heterocycles. The van der Waals surface area contributed by atoms with Crippen LogP contribution in [-0.2, 0) is 0 Å². The maximum atomic E-state index is 2.39. The highest BCUT2D eigenvalue weighted by Crippen LogP contribution is 2.53. The highest BCUT2D eigenvalue weighted by Gasteiger charge is 2.43. The molecule has 0 aliphatic heterocycles. The summed E-state index contributed by atoms with van der Waals surface area (Å²) in [6, 6.07) is 0. The van der Waals surface area contributed by atoms with E-state index in [9.17, 15) is 0 Å². The Morgan fingerprint density at radius 3 is 2.93 bits per heavy atom. The third-order valence-corrected chi connectivity index (χ3v) is 5.00. The van der Waals surface area contributed by atoms with Crippen molar-refractivity contribution in [2.24, 2.45) is 23.7 Å². The molecule has 3 rings (SSSR count). The second kappa shape index (κ2) is 3.81. The van der Waals surface area contributed by atoms with Crippen molar-refractivity contribution in [2.75, 3.05) is 0 Å². The van der Waals surface area contributed by atoms with Gasteiger partial charge in [-0.05, 0) is 49.9 Å². The molecule has 4 unspecified atom stereocenters. The number of allylic oxidation sites excluding steroid dienone is 4. The molecule has 4 atom stereocenters. The molecular weight excluding hydrogens is 180 g/mol. The Bertz CT molecular complexity index is 297. The van der Waals surface area contributed by atoms with Crippen LogP contribution in [0.1, 0.15) is 45.4 Å². The fourth-order valence-corrected chi connectivity index (χ4v) is 4.42. The highest BCUT2D eigenvalue weighted by atomic mass is 14.5. The van der Waals surface area contributed by atoms with Gasteiger partial charge in [0.15, 0.2) is 0 Å². The van der Waals surface area contributed by atoms with Crippen molar-refractivity contribution >= 4 is 0 Å². The lowest BCUT2D eigenvalue weighted by Gasteiger charge is -2.30. The van der Waals surface area contributed by atoms with Crippen molar-refractivity contribution in [3.05, 3.63) is 23.8 Å². The van der Waals surface area contributed by atoms with E-state index in [4.69, 9.17) is 0 Å². The third-order valence-electron chi connectivity index (χ3n) is 5.00. The van der Waals surface area contributed by atoms with Crippen LogP contribution in [-0.4, -0.2) is 0 Å². The molecule has 0 heteroatoms. The Morgan fingerprint density at radius 2 is 2.00 bits per heavy atom. The van der Waals surface area contributed by atoms with E-state index in [0.29, 0.717) is 0 Å². The zero-order valence-electron chi connectivity index (χ0n) is 9.78. The van der Waals surface area contributed by atoms with E-state index in [2.05, 4.69) is 25.2 Å². The van der Waals surface area contributed by atoms with Crippen LogP contribution in [0, 0.1) is 23.7 Å². The summed E-state index contributed by atoms with van der Waals surface area (Å²) in [5.74, 6) is 4.03. The maximum absolute atomic E-state index is 2.39. The average molecular weight is 202 g/mol. The van der Waals surface area contributed by atoms with E-state index in [1.165, 1.54) is 38.5 Å². The van der Waals surface area contributed by atoms with Crippen LogP contribution in [0.15, 0.2) is 23.8 Å². The zero-order chi connectivity index (χ0) is 10.3. The molecule has 3 aliphatic carbocycles. The van der Waals surface area contributed by atoms with Gasteiger partial charge in [-0.15, -0.1) is 0 Å². The molecule has 0 aromatic carbocycles. The van der Waals surface area contributed by atoms with E-state index in [-0.39, 0.29) is 0 Å². The van der Waals surface area contributed by atoms with Gasteiger partial charge in [-0.1, -0.05) is 43.1 Å². The molecule has 82 valence electrons.